The van der Waals surface area contributed by atoms with Gasteiger partial charge in [0.05, 0.1) is 0 Å². The van der Waals surface area contributed by atoms with E-state index in [1.165, 1.54) is 18.2 Å². The third-order valence-electron chi connectivity index (χ3n) is 3.35. The van der Waals surface area contributed by atoms with Crippen LogP contribution >= 0.6 is 0 Å². The summed E-state index contributed by atoms with van der Waals surface area (Å²) in [5, 5.41) is 0. The molecular weight excluding hydrogens is 345 g/mol. The molecule has 2 aromatic rings. The molecule has 2 rings (SSSR count). The van der Waals surface area contributed by atoms with Gasteiger partial charge in [0.15, 0.2) is 0 Å². The molecule has 0 radical (unpaired) electrons. The fourth-order valence-electron chi connectivity index (χ4n) is 2.09. The van der Waals surface area contributed by atoms with E-state index in [1.807, 2.05) is 6.92 Å². The molecule has 0 aromatic heterocycles. The zero-order valence-corrected chi connectivity index (χ0v) is 13.8. The maximum atomic E-state index is 12.4. The molecule has 0 bridgehead atoms. The summed E-state index contributed by atoms with van der Waals surface area (Å²) in [5.41, 5.74) is 0.926. The second kappa shape index (κ2) is 8.29. The van der Waals surface area contributed by atoms with Crippen molar-refractivity contribution >= 4 is 11.8 Å². The third kappa shape index (κ3) is 5.17. The Morgan fingerprint density at radius 3 is 1.92 bits per heavy atom. The van der Waals surface area contributed by atoms with Crippen molar-refractivity contribution < 1.29 is 27.5 Å². The number of allylic oxidation sites excluding steroid dienone is 3. The molecule has 2 aromatic carbocycles. The van der Waals surface area contributed by atoms with Gasteiger partial charge in [-0.25, -0.2) is 4.79 Å². The summed E-state index contributed by atoms with van der Waals surface area (Å²) in [5.74, 6) is -2.06. The molecule has 0 unspecified atom stereocenters. The highest BCUT2D eigenvalue weighted by molar-refractivity contribution is 6.00. The average molecular weight is 360 g/mol. The van der Waals surface area contributed by atoms with Crippen LogP contribution < -0.4 is 4.74 Å². The molecule has 0 saturated heterocycles. The Labute approximate surface area is 148 Å². The highest BCUT2D eigenvalue weighted by atomic mass is 19.4. The van der Waals surface area contributed by atoms with Crippen LogP contribution in [0.15, 0.2) is 72.8 Å². The van der Waals surface area contributed by atoms with E-state index in [0.29, 0.717) is 16.9 Å². The second-order valence-corrected chi connectivity index (χ2v) is 5.23. The summed E-state index contributed by atoms with van der Waals surface area (Å²) in [7, 11) is 0. The first-order chi connectivity index (χ1) is 12.3. The number of rotatable bonds is 5. The molecule has 0 spiro atoms. The monoisotopic (exact) mass is 360 g/mol. The van der Waals surface area contributed by atoms with Gasteiger partial charge in [-0.3, -0.25) is 4.79 Å². The van der Waals surface area contributed by atoms with Crippen molar-refractivity contribution in [2.24, 2.45) is 0 Å². The van der Waals surface area contributed by atoms with E-state index in [2.05, 4.69) is 0 Å². The van der Waals surface area contributed by atoms with E-state index in [-0.39, 0.29) is 0 Å². The van der Waals surface area contributed by atoms with Crippen LogP contribution in [-0.2, 0) is 4.79 Å². The van der Waals surface area contributed by atoms with Gasteiger partial charge in [0.2, 0.25) is 0 Å². The van der Waals surface area contributed by atoms with Crippen molar-refractivity contribution in [3.63, 3.8) is 0 Å². The van der Waals surface area contributed by atoms with Crippen LogP contribution in [-0.4, -0.2) is 17.9 Å². The third-order valence-corrected chi connectivity index (χ3v) is 3.35. The summed E-state index contributed by atoms with van der Waals surface area (Å²) in [4.78, 5) is 22.7. The van der Waals surface area contributed by atoms with Crippen molar-refractivity contribution in [1.82, 2.24) is 0 Å². The molecular formula is C20H15F3O3. The van der Waals surface area contributed by atoms with Crippen LogP contribution in [0, 0.1) is 0 Å². The Hall–Kier alpha value is -3.15. The van der Waals surface area contributed by atoms with Crippen molar-refractivity contribution in [2.45, 2.75) is 13.1 Å². The highest BCUT2D eigenvalue weighted by Gasteiger charge is 2.39. The van der Waals surface area contributed by atoms with Gasteiger partial charge in [-0.05, 0) is 30.2 Å². The predicted molar refractivity (Wildman–Crippen MR) is 91.9 cm³/mol. The van der Waals surface area contributed by atoms with Gasteiger partial charge in [0.1, 0.15) is 5.75 Å². The number of carbonyl (C=O) groups is 2. The molecule has 6 heteroatoms. The first-order valence-electron chi connectivity index (χ1n) is 7.64. The first-order valence-corrected chi connectivity index (χ1v) is 7.64. The summed E-state index contributed by atoms with van der Waals surface area (Å²) >= 11 is 0. The van der Waals surface area contributed by atoms with Gasteiger partial charge >= 0.3 is 12.1 Å². The number of Topliss-reactive ketones (excluding diaryl/α,β-unsaturated/α-hetero) is 1. The van der Waals surface area contributed by atoms with E-state index in [1.54, 1.807) is 42.5 Å². The van der Waals surface area contributed by atoms with Crippen LogP contribution in [0.2, 0.25) is 0 Å². The maximum absolute atomic E-state index is 12.4. The summed E-state index contributed by atoms with van der Waals surface area (Å²) < 4.78 is 42.3. The van der Waals surface area contributed by atoms with Gasteiger partial charge in [0, 0.05) is 11.6 Å². The minimum atomic E-state index is -4.89. The number of ketones is 1. The largest absolute Gasteiger partial charge is 0.454 e. The van der Waals surface area contributed by atoms with E-state index in [0.717, 1.165) is 12.1 Å². The lowest BCUT2D eigenvalue weighted by atomic mass is 10.0. The molecule has 3 nitrogen and oxygen atoms in total. The summed E-state index contributed by atoms with van der Waals surface area (Å²) in [6.45, 7) is 1.82. The Balaban J connectivity index is 2.09. The van der Waals surface area contributed by atoms with Gasteiger partial charge < -0.3 is 4.74 Å². The lowest BCUT2D eigenvalue weighted by Crippen LogP contribution is -2.22. The van der Waals surface area contributed by atoms with E-state index in [9.17, 15) is 22.8 Å². The molecule has 0 atom stereocenters. The standard InChI is InChI=1S/C20H15F3O3/c1-2-3-4-5-18(24)26-17-12-10-15(11-13-17)14-6-8-16(9-7-14)19(25)20(21,22)23/h2-13H,1H3. The van der Waals surface area contributed by atoms with Crippen molar-refractivity contribution in [1.29, 1.82) is 0 Å². The molecule has 0 heterocycles. The normalized spacial score (nSPS) is 11.8. The van der Waals surface area contributed by atoms with Gasteiger partial charge in [-0.15, -0.1) is 0 Å². The van der Waals surface area contributed by atoms with Crippen LogP contribution in [0.5, 0.6) is 5.75 Å². The minimum Gasteiger partial charge on any atom is -0.423 e. The lowest BCUT2D eigenvalue weighted by Gasteiger charge is -2.07. The molecule has 26 heavy (non-hydrogen) atoms. The van der Waals surface area contributed by atoms with Crippen LogP contribution in [0.1, 0.15) is 17.3 Å². The first kappa shape index (κ1) is 19.2. The van der Waals surface area contributed by atoms with Gasteiger partial charge in [-0.2, -0.15) is 13.2 Å². The Bertz CT molecular complexity index is 830. The number of hydrogen-bond donors (Lipinski definition) is 0. The number of carbonyl (C=O) groups excluding carboxylic acids is 2. The molecule has 0 aliphatic heterocycles. The number of hydrogen-bond acceptors (Lipinski definition) is 3. The van der Waals surface area contributed by atoms with E-state index >= 15 is 0 Å². The van der Waals surface area contributed by atoms with Gasteiger partial charge in [0.25, 0.3) is 5.78 Å². The summed E-state index contributed by atoms with van der Waals surface area (Å²) in [6, 6.07) is 11.6. The van der Waals surface area contributed by atoms with Crippen molar-refractivity contribution in [3.8, 4) is 16.9 Å². The van der Waals surface area contributed by atoms with E-state index in [4.69, 9.17) is 4.74 Å². The topological polar surface area (TPSA) is 43.4 Å². The molecule has 0 amide bonds. The molecule has 134 valence electrons. The Morgan fingerprint density at radius 2 is 1.42 bits per heavy atom. The minimum absolute atomic E-state index is 0.341. The maximum Gasteiger partial charge on any atom is 0.454 e. The molecule has 0 saturated carbocycles. The van der Waals surface area contributed by atoms with E-state index < -0.39 is 23.5 Å². The summed E-state index contributed by atoms with van der Waals surface area (Å²) in [6.07, 6.45) is 1.41. The zero-order chi connectivity index (χ0) is 19.2. The molecule has 0 aliphatic carbocycles. The Kier molecular flexibility index (Phi) is 6.11. The fraction of sp³-hybridized carbons (Fsp3) is 0.100. The lowest BCUT2D eigenvalue weighted by molar-refractivity contribution is -0.129. The van der Waals surface area contributed by atoms with Crippen LogP contribution in [0.25, 0.3) is 11.1 Å². The number of benzene rings is 2. The zero-order valence-electron chi connectivity index (χ0n) is 13.8. The second-order valence-electron chi connectivity index (χ2n) is 5.23. The SMILES string of the molecule is CC=CC=CC(=O)Oc1ccc(-c2ccc(C(=O)C(F)(F)F)cc2)cc1. The fourth-order valence-corrected chi connectivity index (χ4v) is 2.09. The molecule has 0 fully saturated rings. The smallest absolute Gasteiger partial charge is 0.423 e. The number of ether oxygens (including phenoxy) is 1. The van der Waals surface area contributed by atoms with Crippen molar-refractivity contribution in [2.75, 3.05) is 0 Å². The van der Waals surface area contributed by atoms with Crippen LogP contribution in [0.3, 0.4) is 0 Å². The molecule has 0 N–H and O–H groups in total. The number of esters is 1. The Morgan fingerprint density at radius 1 is 0.885 bits per heavy atom. The average Bonchev–Trinajstić information content (AvgIpc) is 2.61. The molecule has 0 aliphatic rings. The number of halogens is 3. The van der Waals surface area contributed by atoms with Crippen molar-refractivity contribution in [3.05, 3.63) is 78.4 Å². The van der Waals surface area contributed by atoms with Gasteiger partial charge in [-0.1, -0.05) is 54.6 Å². The number of alkyl halides is 3. The predicted octanol–water partition coefficient (Wildman–Crippen LogP) is 5.14. The van der Waals surface area contributed by atoms with Crippen LogP contribution in [0.4, 0.5) is 13.2 Å². The quantitative estimate of drug-likeness (QED) is 0.244. The highest BCUT2D eigenvalue weighted by Crippen LogP contribution is 2.26.